The summed E-state index contributed by atoms with van der Waals surface area (Å²) >= 11 is 0. The molecule has 1 saturated heterocycles. The van der Waals surface area contributed by atoms with E-state index in [0.717, 1.165) is 12.8 Å². The summed E-state index contributed by atoms with van der Waals surface area (Å²) in [7, 11) is -4.53. The van der Waals surface area contributed by atoms with E-state index in [1.54, 1.807) is 0 Å². The highest BCUT2D eigenvalue weighted by atomic mass is 31.2. The van der Waals surface area contributed by atoms with E-state index in [1.807, 2.05) is 6.92 Å². The molecule has 46 heavy (non-hydrogen) atoms. The molecule has 2 heterocycles. The molecule has 0 spiro atoms. The Kier molecular flexibility index (Phi) is 20.4. The fraction of sp³-hybridized carbons (Fsp3) is 0.871. The summed E-state index contributed by atoms with van der Waals surface area (Å²) in [6.07, 6.45) is 17.1. The van der Waals surface area contributed by atoms with Crippen molar-refractivity contribution in [1.82, 2.24) is 9.55 Å². The fourth-order valence-corrected chi connectivity index (χ4v) is 6.16. The predicted octanol–water partition coefficient (Wildman–Crippen LogP) is 6.85. The molecule has 1 aliphatic heterocycles. The number of unbranched alkanes of at least 4 members (excludes halogenated alkanes) is 13. The SMILES string of the molecule is CCCCCCCCCCCCCCCCOCC(COP(=O)(O)OC[C@H]1O[C@@H](n2cc(C)c(=O)[nH]c2=O)C[C@@H]1N=[N+]=[N-])OCC. The number of ether oxygens (including phenoxy) is 3. The zero-order chi connectivity index (χ0) is 33.6. The van der Waals surface area contributed by atoms with Crippen molar-refractivity contribution in [3.63, 3.8) is 0 Å². The Balaban J connectivity index is 1.63. The van der Waals surface area contributed by atoms with Crippen LogP contribution in [0, 0.1) is 6.92 Å². The molecule has 2 N–H and O–H groups in total. The molecule has 1 aromatic rings. The monoisotopic (exact) mass is 673 g/mol. The Hall–Kier alpha value is -2.02. The molecule has 15 heteroatoms. The van der Waals surface area contributed by atoms with Gasteiger partial charge in [0.1, 0.15) is 12.3 Å². The second-order valence-electron chi connectivity index (χ2n) is 11.9. The molecule has 264 valence electrons. The second kappa shape index (κ2) is 23.3. The smallest absolute Gasteiger partial charge is 0.379 e. The molecular formula is C31H56N5O9P. The number of azide groups is 1. The van der Waals surface area contributed by atoms with Crippen LogP contribution in [0.1, 0.15) is 122 Å². The number of hydrogen-bond donors (Lipinski definition) is 2. The van der Waals surface area contributed by atoms with Crippen molar-refractivity contribution in [1.29, 1.82) is 0 Å². The van der Waals surface area contributed by atoms with E-state index in [2.05, 4.69) is 21.9 Å². The molecule has 0 bridgehead atoms. The Labute approximate surface area is 272 Å². The minimum absolute atomic E-state index is 0.100. The minimum atomic E-state index is -4.53. The number of rotatable bonds is 27. The highest BCUT2D eigenvalue weighted by Crippen LogP contribution is 2.44. The lowest BCUT2D eigenvalue weighted by Crippen LogP contribution is -2.33. The highest BCUT2D eigenvalue weighted by molar-refractivity contribution is 7.47. The van der Waals surface area contributed by atoms with Gasteiger partial charge in [-0.05, 0) is 25.8 Å². The van der Waals surface area contributed by atoms with E-state index in [9.17, 15) is 19.0 Å². The third-order valence-electron chi connectivity index (χ3n) is 8.03. The van der Waals surface area contributed by atoms with Crippen LogP contribution in [0.4, 0.5) is 0 Å². The number of nitrogens with one attached hydrogen (secondary N) is 1. The van der Waals surface area contributed by atoms with Gasteiger partial charge in [0, 0.05) is 36.3 Å². The average molecular weight is 674 g/mol. The molecule has 2 rings (SSSR count). The largest absolute Gasteiger partial charge is 0.472 e. The van der Waals surface area contributed by atoms with Gasteiger partial charge in [-0.1, -0.05) is 95.5 Å². The van der Waals surface area contributed by atoms with Crippen molar-refractivity contribution in [3.8, 4) is 0 Å². The molecule has 0 radical (unpaired) electrons. The van der Waals surface area contributed by atoms with Crippen molar-refractivity contribution in [3.05, 3.63) is 43.0 Å². The van der Waals surface area contributed by atoms with E-state index in [-0.39, 0.29) is 19.6 Å². The number of aromatic amines is 1. The van der Waals surface area contributed by atoms with Crippen molar-refractivity contribution in [2.75, 3.05) is 33.0 Å². The minimum Gasteiger partial charge on any atom is -0.379 e. The Bertz CT molecular complexity index is 1190. The molecule has 5 atom stereocenters. The van der Waals surface area contributed by atoms with Gasteiger partial charge in [-0.25, -0.2) is 9.36 Å². The van der Waals surface area contributed by atoms with E-state index >= 15 is 0 Å². The maximum atomic E-state index is 12.6. The molecule has 0 saturated carbocycles. The lowest BCUT2D eigenvalue weighted by atomic mass is 10.0. The van der Waals surface area contributed by atoms with Crippen LogP contribution < -0.4 is 11.2 Å². The van der Waals surface area contributed by atoms with Crippen molar-refractivity contribution >= 4 is 7.82 Å². The molecule has 14 nitrogen and oxygen atoms in total. The standard InChI is InChI=1S/C31H56N5O9P/c1-4-6-7-8-9-10-11-12-13-14-15-16-17-18-19-41-22-26(42-5-2)23-43-46(39,40)44-24-28-27(34-35-32)20-29(45-28)36-21-25(3)30(37)33-31(36)38/h21,26-29H,4-20,22-24H2,1-3H3,(H,39,40)(H,33,37,38)/t26?,27-,28+,29+/m0/s1. The molecule has 1 aromatic heterocycles. The maximum absolute atomic E-state index is 12.6. The van der Waals surface area contributed by atoms with Crippen LogP contribution in [0.15, 0.2) is 20.9 Å². The maximum Gasteiger partial charge on any atom is 0.472 e. The summed E-state index contributed by atoms with van der Waals surface area (Å²) < 4.78 is 41.3. The molecule has 0 aliphatic carbocycles. The summed E-state index contributed by atoms with van der Waals surface area (Å²) in [6.45, 7) is 6.12. The van der Waals surface area contributed by atoms with Crippen LogP contribution in [0.25, 0.3) is 10.4 Å². The Morgan fingerprint density at radius 3 is 2.22 bits per heavy atom. The number of aromatic nitrogens is 2. The first kappa shape index (κ1) is 40.2. The van der Waals surface area contributed by atoms with E-state index < -0.39 is 50.2 Å². The summed E-state index contributed by atoms with van der Waals surface area (Å²) in [5.74, 6) is 0. The Morgan fingerprint density at radius 2 is 1.63 bits per heavy atom. The van der Waals surface area contributed by atoms with Crippen LogP contribution in [0.5, 0.6) is 0 Å². The third kappa shape index (κ3) is 16.2. The number of nitrogens with zero attached hydrogens (tertiary/aromatic N) is 4. The summed E-state index contributed by atoms with van der Waals surface area (Å²) in [5.41, 5.74) is 8.05. The number of phosphoric ester groups is 1. The van der Waals surface area contributed by atoms with E-state index in [4.69, 9.17) is 28.8 Å². The van der Waals surface area contributed by atoms with Gasteiger partial charge in [-0.15, -0.1) is 0 Å². The van der Waals surface area contributed by atoms with Gasteiger partial charge >= 0.3 is 13.5 Å². The van der Waals surface area contributed by atoms with E-state index in [1.165, 1.54) is 94.7 Å². The molecule has 2 unspecified atom stereocenters. The van der Waals surface area contributed by atoms with Gasteiger partial charge < -0.3 is 19.1 Å². The van der Waals surface area contributed by atoms with Crippen LogP contribution in [-0.4, -0.2) is 65.7 Å². The summed E-state index contributed by atoms with van der Waals surface area (Å²) in [6, 6.07) is -0.784. The first-order valence-corrected chi connectivity index (χ1v) is 18.5. The summed E-state index contributed by atoms with van der Waals surface area (Å²) in [5, 5.41) is 3.68. The molecular weight excluding hydrogens is 617 g/mol. The highest BCUT2D eigenvalue weighted by Gasteiger charge is 2.38. The van der Waals surface area contributed by atoms with Gasteiger partial charge in [0.25, 0.3) is 5.56 Å². The van der Waals surface area contributed by atoms with Crippen LogP contribution in [0.3, 0.4) is 0 Å². The van der Waals surface area contributed by atoms with Gasteiger partial charge in [-0.2, -0.15) is 0 Å². The van der Waals surface area contributed by atoms with Crippen LogP contribution in [-0.2, 0) is 27.8 Å². The Morgan fingerprint density at radius 1 is 1.02 bits per heavy atom. The van der Waals surface area contributed by atoms with Crippen molar-refractivity contribution in [2.24, 2.45) is 5.11 Å². The molecule has 0 aromatic carbocycles. The molecule has 0 amide bonds. The van der Waals surface area contributed by atoms with Crippen molar-refractivity contribution in [2.45, 2.75) is 142 Å². The molecule has 1 aliphatic rings. The van der Waals surface area contributed by atoms with Crippen LogP contribution in [0.2, 0.25) is 0 Å². The van der Waals surface area contributed by atoms with Gasteiger partial charge in [0.15, 0.2) is 0 Å². The number of aryl methyl sites for hydroxylation is 1. The topological polar surface area (TPSA) is 187 Å². The zero-order valence-corrected chi connectivity index (χ0v) is 28.9. The first-order chi connectivity index (χ1) is 22.2. The predicted molar refractivity (Wildman–Crippen MR) is 176 cm³/mol. The average Bonchev–Trinajstić information content (AvgIpc) is 3.43. The summed E-state index contributed by atoms with van der Waals surface area (Å²) in [4.78, 5) is 39.2. The van der Waals surface area contributed by atoms with Gasteiger partial charge in [-0.3, -0.25) is 23.4 Å². The second-order valence-corrected chi connectivity index (χ2v) is 13.4. The van der Waals surface area contributed by atoms with E-state index in [0.29, 0.717) is 18.8 Å². The number of hydrogen-bond acceptors (Lipinski definition) is 9. The number of phosphoric acid groups is 1. The quantitative estimate of drug-likeness (QED) is 0.0331. The number of H-pyrrole nitrogens is 1. The van der Waals surface area contributed by atoms with Gasteiger partial charge in [0.05, 0.1) is 32.0 Å². The zero-order valence-electron chi connectivity index (χ0n) is 28.0. The normalized spacial score (nSPS) is 20.0. The lowest BCUT2D eigenvalue weighted by Gasteiger charge is -2.21. The lowest BCUT2D eigenvalue weighted by molar-refractivity contribution is -0.0468. The fourth-order valence-electron chi connectivity index (χ4n) is 5.40. The molecule has 1 fully saturated rings. The third-order valence-corrected chi connectivity index (χ3v) is 8.98. The first-order valence-electron chi connectivity index (χ1n) is 17.0. The van der Waals surface area contributed by atoms with Crippen molar-refractivity contribution < 1.29 is 32.7 Å². The van der Waals surface area contributed by atoms with Crippen LogP contribution >= 0.6 is 7.82 Å². The van der Waals surface area contributed by atoms with Gasteiger partial charge in [0.2, 0.25) is 0 Å².